The molecule has 0 saturated heterocycles. The van der Waals surface area contributed by atoms with Crippen molar-refractivity contribution in [1.82, 2.24) is 9.71 Å². The van der Waals surface area contributed by atoms with E-state index < -0.39 is 22.0 Å². The molecule has 1 heterocycles. The molecule has 0 unspecified atom stereocenters. The maximum atomic E-state index is 12.9. The lowest BCUT2D eigenvalue weighted by atomic mass is 10.1. The molecule has 0 aliphatic carbocycles. The van der Waals surface area contributed by atoms with Crippen molar-refractivity contribution in [3.05, 3.63) is 65.9 Å². The fourth-order valence-corrected chi connectivity index (χ4v) is 4.67. The molecule has 1 aromatic heterocycles. The van der Waals surface area contributed by atoms with Gasteiger partial charge in [-0.15, -0.1) is 0 Å². The van der Waals surface area contributed by atoms with Crippen LogP contribution in [-0.2, 0) is 26.2 Å². The third-order valence-corrected chi connectivity index (χ3v) is 6.50. The predicted octanol–water partition coefficient (Wildman–Crippen LogP) is 4.38. The number of aryl methyl sites for hydroxylation is 1. The molecular formula is C25H30N2O5S. The molecule has 0 radical (unpaired) electrons. The summed E-state index contributed by atoms with van der Waals surface area (Å²) in [7, 11) is -3.89. The molecule has 1 N–H and O–H groups in total. The third-order valence-electron chi connectivity index (χ3n) is 5.01. The van der Waals surface area contributed by atoms with Crippen LogP contribution in [-0.4, -0.2) is 32.0 Å². The molecule has 0 bridgehead atoms. The van der Waals surface area contributed by atoms with E-state index in [9.17, 15) is 13.2 Å². The Bertz CT molecular complexity index is 1210. The minimum atomic E-state index is -3.89. The van der Waals surface area contributed by atoms with Gasteiger partial charge in [-0.3, -0.25) is 9.78 Å². The van der Waals surface area contributed by atoms with Crippen LogP contribution in [0.3, 0.4) is 0 Å². The second kappa shape index (κ2) is 10.8. The van der Waals surface area contributed by atoms with Gasteiger partial charge in [-0.05, 0) is 56.0 Å². The SMILES string of the molecule is CCOC(=O)[C@H](CC(C)C)NS(=O)(=O)c1ccc(COc2cc(C)nc3ccccc23)cc1. The number of sulfonamides is 1. The van der Waals surface area contributed by atoms with E-state index >= 15 is 0 Å². The normalized spacial score (nSPS) is 12.6. The first-order valence-corrected chi connectivity index (χ1v) is 12.4. The number of hydrogen-bond donors (Lipinski definition) is 1. The first-order valence-electron chi connectivity index (χ1n) is 11.0. The summed E-state index contributed by atoms with van der Waals surface area (Å²) in [6.07, 6.45) is 0.350. The Kier molecular flexibility index (Phi) is 8.05. The van der Waals surface area contributed by atoms with Gasteiger partial charge in [-0.25, -0.2) is 8.42 Å². The summed E-state index contributed by atoms with van der Waals surface area (Å²) in [6.45, 7) is 7.91. The number of carbonyl (C=O) groups is 1. The Morgan fingerprint density at radius 2 is 1.79 bits per heavy atom. The van der Waals surface area contributed by atoms with Crippen LogP contribution in [0.25, 0.3) is 10.9 Å². The van der Waals surface area contributed by atoms with E-state index in [1.807, 2.05) is 51.1 Å². The van der Waals surface area contributed by atoms with Crippen molar-refractivity contribution in [2.45, 2.75) is 51.7 Å². The van der Waals surface area contributed by atoms with Gasteiger partial charge in [0.2, 0.25) is 10.0 Å². The van der Waals surface area contributed by atoms with Crippen molar-refractivity contribution in [1.29, 1.82) is 0 Å². The van der Waals surface area contributed by atoms with Crippen molar-refractivity contribution in [2.75, 3.05) is 6.61 Å². The van der Waals surface area contributed by atoms with Crippen LogP contribution >= 0.6 is 0 Å². The molecule has 0 saturated carbocycles. The van der Waals surface area contributed by atoms with Crippen LogP contribution in [0.4, 0.5) is 0 Å². The summed E-state index contributed by atoms with van der Waals surface area (Å²) in [5.41, 5.74) is 2.53. The molecule has 3 aromatic rings. The highest BCUT2D eigenvalue weighted by molar-refractivity contribution is 7.89. The molecule has 0 aliphatic rings. The number of para-hydroxylation sites is 1. The second-order valence-electron chi connectivity index (χ2n) is 8.27. The smallest absolute Gasteiger partial charge is 0.324 e. The lowest BCUT2D eigenvalue weighted by Crippen LogP contribution is -2.42. The van der Waals surface area contributed by atoms with E-state index in [-0.39, 0.29) is 24.0 Å². The van der Waals surface area contributed by atoms with Crippen molar-refractivity contribution >= 4 is 26.9 Å². The summed E-state index contributed by atoms with van der Waals surface area (Å²) in [6, 6.07) is 15.1. The lowest BCUT2D eigenvalue weighted by Gasteiger charge is -2.19. The highest BCUT2D eigenvalue weighted by Crippen LogP contribution is 2.26. The number of fused-ring (bicyclic) bond motifs is 1. The van der Waals surface area contributed by atoms with Crippen molar-refractivity contribution in [3.8, 4) is 5.75 Å². The molecule has 0 fully saturated rings. The van der Waals surface area contributed by atoms with Crippen molar-refractivity contribution < 1.29 is 22.7 Å². The summed E-state index contributed by atoms with van der Waals surface area (Å²) < 4.78 is 39.2. The maximum Gasteiger partial charge on any atom is 0.324 e. The zero-order valence-electron chi connectivity index (χ0n) is 19.4. The Morgan fingerprint density at radius 3 is 2.45 bits per heavy atom. The van der Waals surface area contributed by atoms with Gasteiger partial charge in [0.25, 0.3) is 0 Å². The Hall–Kier alpha value is -2.97. The molecule has 33 heavy (non-hydrogen) atoms. The topological polar surface area (TPSA) is 94.6 Å². The first-order chi connectivity index (χ1) is 15.7. The summed E-state index contributed by atoms with van der Waals surface area (Å²) in [5, 5.41) is 0.918. The zero-order chi connectivity index (χ0) is 24.0. The number of nitrogens with one attached hydrogen (secondary N) is 1. The van der Waals surface area contributed by atoms with Crippen LogP contribution < -0.4 is 9.46 Å². The Morgan fingerprint density at radius 1 is 1.09 bits per heavy atom. The molecule has 3 rings (SSSR count). The van der Waals surface area contributed by atoms with Crippen LogP contribution in [0.15, 0.2) is 59.5 Å². The number of esters is 1. The molecule has 176 valence electrons. The number of nitrogens with zero attached hydrogens (tertiary/aromatic N) is 1. The van der Waals surface area contributed by atoms with Crippen LogP contribution in [0, 0.1) is 12.8 Å². The third kappa shape index (κ3) is 6.52. The van der Waals surface area contributed by atoms with Gasteiger partial charge in [-0.2, -0.15) is 4.72 Å². The van der Waals surface area contributed by atoms with Gasteiger partial charge in [0, 0.05) is 17.1 Å². The van der Waals surface area contributed by atoms with Crippen molar-refractivity contribution in [2.24, 2.45) is 5.92 Å². The minimum Gasteiger partial charge on any atom is -0.488 e. The Labute approximate surface area is 195 Å². The predicted molar refractivity (Wildman–Crippen MR) is 127 cm³/mol. The van der Waals surface area contributed by atoms with Crippen molar-refractivity contribution in [3.63, 3.8) is 0 Å². The second-order valence-corrected chi connectivity index (χ2v) is 9.98. The van der Waals surface area contributed by atoms with E-state index in [4.69, 9.17) is 9.47 Å². The van der Waals surface area contributed by atoms with Crippen LogP contribution in [0.5, 0.6) is 5.75 Å². The van der Waals surface area contributed by atoms with E-state index in [0.717, 1.165) is 27.9 Å². The molecule has 8 heteroatoms. The minimum absolute atomic E-state index is 0.0782. The average molecular weight is 471 g/mol. The fraction of sp³-hybridized carbons (Fsp3) is 0.360. The van der Waals surface area contributed by atoms with E-state index in [1.54, 1.807) is 19.1 Å². The number of benzene rings is 2. The summed E-state index contributed by atoms with van der Waals surface area (Å²) in [4.78, 5) is 16.8. The molecule has 1 atom stereocenters. The van der Waals surface area contributed by atoms with E-state index in [0.29, 0.717) is 6.42 Å². The molecule has 0 amide bonds. The highest BCUT2D eigenvalue weighted by Gasteiger charge is 2.27. The molecule has 7 nitrogen and oxygen atoms in total. The largest absolute Gasteiger partial charge is 0.488 e. The standard InChI is InChI=1S/C25H30N2O5S/c1-5-31-25(28)23(14-17(2)3)27-33(29,30)20-12-10-19(11-13-20)16-32-24-15-18(4)26-22-9-7-6-8-21(22)24/h6-13,15,17,23,27H,5,14,16H2,1-4H3/t23-/m0/s1. The van der Waals surface area contributed by atoms with Crippen LogP contribution in [0.1, 0.15) is 38.4 Å². The summed E-state index contributed by atoms with van der Waals surface area (Å²) >= 11 is 0. The van der Waals surface area contributed by atoms with Gasteiger partial charge in [0.1, 0.15) is 18.4 Å². The number of rotatable bonds is 10. The van der Waals surface area contributed by atoms with Gasteiger partial charge in [0.05, 0.1) is 17.0 Å². The average Bonchev–Trinajstić information content (AvgIpc) is 2.77. The van der Waals surface area contributed by atoms with E-state index in [1.165, 1.54) is 12.1 Å². The van der Waals surface area contributed by atoms with Gasteiger partial charge >= 0.3 is 5.97 Å². The van der Waals surface area contributed by atoms with Gasteiger partial charge in [-0.1, -0.05) is 38.1 Å². The molecule has 0 spiro atoms. The fourth-order valence-electron chi connectivity index (χ4n) is 3.48. The Balaban J connectivity index is 1.72. The summed E-state index contributed by atoms with van der Waals surface area (Å²) in [5.74, 6) is 0.275. The number of pyridine rings is 1. The first kappa shape index (κ1) is 24.7. The number of hydrogen-bond acceptors (Lipinski definition) is 6. The number of aromatic nitrogens is 1. The van der Waals surface area contributed by atoms with Crippen LogP contribution in [0.2, 0.25) is 0 Å². The zero-order valence-corrected chi connectivity index (χ0v) is 20.2. The maximum absolute atomic E-state index is 12.9. The highest BCUT2D eigenvalue weighted by atomic mass is 32.2. The quantitative estimate of drug-likeness (QED) is 0.442. The van der Waals surface area contributed by atoms with E-state index in [2.05, 4.69) is 9.71 Å². The molecule has 0 aliphatic heterocycles. The number of ether oxygens (including phenoxy) is 2. The monoisotopic (exact) mass is 470 g/mol. The number of carbonyl (C=O) groups excluding carboxylic acids is 1. The molecule has 2 aromatic carbocycles. The van der Waals surface area contributed by atoms with Gasteiger partial charge < -0.3 is 9.47 Å². The molecular weight excluding hydrogens is 440 g/mol. The van der Waals surface area contributed by atoms with Gasteiger partial charge in [0.15, 0.2) is 0 Å². The lowest BCUT2D eigenvalue weighted by molar-refractivity contribution is -0.145.